The van der Waals surface area contributed by atoms with Crippen molar-refractivity contribution in [1.82, 2.24) is 14.7 Å². The molecule has 2 fully saturated rings. The van der Waals surface area contributed by atoms with Gasteiger partial charge in [0, 0.05) is 38.6 Å². The van der Waals surface area contributed by atoms with Crippen molar-refractivity contribution < 1.29 is 22.8 Å². The molecule has 0 bridgehead atoms. The van der Waals surface area contributed by atoms with E-state index in [9.17, 15) is 22.8 Å². The minimum Gasteiger partial charge on any atom is -0.337 e. The number of piperazine rings is 1. The van der Waals surface area contributed by atoms with Crippen molar-refractivity contribution in [1.29, 1.82) is 0 Å². The number of rotatable bonds is 3. The molecule has 2 atom stereocenters. The number of alkyl halides is 3. The Bertz CT molecular complexity index is 467. The van der Waals surface area contributed by atoms with Crippen molar-refractivity contribution in [3.8, 4) is 0 Å². The summed E-state index contributed by atoms with van der Waals surface area (Å²) in [6.07, 6.45) is -4.55. The minimum absolute atomic E-state index is 0.0352. The van der Waals surface area contributed by atoms with Gasteiger partial charge >= 0.3 is 6.18 Å². The Morgan fingerprint density at radius 3 is 2.48 bits per heavy atom. The van der Waals surface area contributed by atoms with E-state index in [1.54, 1.807) is 4.90 Å². The van der Waals surface area contributed by atoms with Gasteiger partial charge in [0.15, 0.2) is 0 Å². The first kappa shape index (κ1) is 18.0. The molecule has 132 valence electrons. The van der Waals surface area contributed by atoms with Crippen LogP contribution < -0.4 is 0 Å². The number of carbonyl (C=O) groups is 2. The number of hydrogen-bond donors (Lipinski definition) is 0. The molecule has 5 nitrogen and oxygen atoms in total. The van der Waals surface area contributed by atoms with Crippen LogP contribution in [0.5, 0.6) is 0 Å². The summed E-state index contributed by atoms with van der Waals surface area (Å²) in [6, 6.07) is 0.0352. The van der Waals surface area contributed by atoms with Gasteiger partial charge in [0.1, 0.15) is 6.54 Å². The molecule has 0 unspecified atom stereocenters. The topological polar surface area (TPSA) is 43.9 Å². The second-order valence-corrected chi connectivity index (χ2v) is 6.90. The lowest BCUT2D eigenvalue weighted by atomic mass is 9.97. The van der Waals surface area contributed by atoms with Crippen LogP contribution in [0, 0.1) is 11.8 Å². The maximum atomic E-state index is 12.7. The molecule has 0 aromatic carbocycles. The number of likely N-dealkylation sites (N-methyl/N-ethyl adjacent to an activating group) is 1. The molecule has 2 aliphatic rings. The summed E-state index contributed by atoms with van der Waals surface area (Å²) in [6.45, 7) is 4.69. The van der Waals surface area contributed by atoms with Crippen LogP contribution in [0.25, 0.3) is 0 Å². The van der Waals surface area contributed by atoms with E-state index in [2.05, 4.69) is 4.90 Å². The predicted octanol–water partition coefficient (Wildman–Crippen LogP) is 1.20. The van der Waals surface area contributed by atoms with Crippen molar-refractivity contribution in [3.63, 3.8) is 0 Å². The third-order valence-electron chi connectivity index (χ3n) is 4.61. The molecule has 23 heavy (non-hydrogen) atoms. The van der Waals surface area contributed by atoms with Gasteiger partial charge in [-0.2, -0.15) is 13.2 Å². The standard InChI is InChI=1S/C15H24F3N3O2/c1-10(2)12-8-19(3)4-5-21(12)14(23)11-6-13(22)20(7-11)9-15(16,17)18/h10-12H,4-9H2,1-3H3/t11-,12+/m0/s1. The lowest BCUT2D eigenvalue weighted by Gasteiger charge is -2.43. The normalized spacial score (nSPS) is 27.2. The summed E-state index contributed by atoms with van der Waals surface area (Å²) in [7, 11) is 1.99. The highest BCUT2D eigenvalue weighted by Gasteiger charge is 2.43. The molecule has 2 aliphatic heterocycles. The zero-order chi connectivity index (χ0) is 17.4. The Balaban J connectivity index is 2.04. The molecule has 2 heterocycles. The largest absolute Gasteiger partial charge is 0.406 e. The lowest BCUT2D eigenvalue weighted by Crippen LogP contribution is -2.57. The molecule has 2 amide bonds. The average Bonchev–Trinajstić information content (AvgIpc) is 2.77. The fraction of sp³-hybridized carbons (Fsp3) is 0.867. The second-order valence-electron chi connectivity index (χ2n) is 6.90. The summed E-state index contributed by atoms with van der Waals surface area (Å²) in [5, 5.41) is 0. The molecular formula is C15H24F3N3O2. The maximum Gasteiger partial charge on any atom is 0.406 e. The van der Waals surface area contributed by atoms with E-state index in [-0.39, 0.29) is 30.8 Å². The molecule has 0 aliphatic carbocycles. The van der Waals surface area contributed by atoms with E-state index in [0.29, 0.717) is 6.54 Å². The van der Waals surface area contributed by atoms with Crippen LogP contribution in [-0.2, 0) is 9.59 Å². The fourth-order valence-corrected chi connectivity index (χ4v) is 3.34. The Morgan fingerprint density at radius 2 is 1.91 bits per heavy atom. The van der Waals surface area contributed by atoms with Gasteiger partial charge in [-0.3, -0.25) is 9.59 Å². The fourth-order valence-electron chi connectivity index (χ4n) is 3.34. The van der Waals surface area contributed by atoms with Gasteiger partial charge in [-0.05, 0) is 13.0 Å². The highest BCUT2D eigenvalue weighted by molar-refractivity contribution is 5.89. The minimum atomic E-state index is -4.43. The second kappa shape index (κ2) is 6.67. The molecule has 0 radical (unpaired) electrons. The van der Waals surface area contributed by atoms with Crippen molar-refractivity contribution in [2.24, 2.45) is 11.8 Å². The molecule has 0 spiro atoms. The van der Waals surface area contributed by atoms with Gasteiger partial charge < -0.3 is 14.7 Å². The molecule has 2 saturated heterocycles. The number of halogens is 3. The molecular weight excluding hydrogens is 311 g/mol. The van der Waals surface area contributed by atoms with E-state index in [0.717, 1.165) is 18.0 Å². The summed E-state index contributed by atoms with van der Waals surface area (Å²) < 4.78 is 37.4. The number of nitrogens with zero attached hydrogens (tertiary/aromatic N) is 3. The maximum absolute atomic E-state index is 12.7. The van der Waals surface area contributed by atoms with Crippen molar-refractivity contribution >= 4 is 11.8 Å². The van der Waals surface area contributed by atoms with E-state index in [1.165, 1.54) is 0 Å². The van der Waals surface area contributed by atoms with Gasteiger partial charge in [0.25, 0.3) is 0 Å². The summed E-state index contributed by atoms with van der Waals surface area (Å²) in [5.74, 6) is -1.18. The van der Waals surface area contributed by atoms with E-state index < -0.39 is 24.5 Å². The highest BCUT2D eigenvalue weighted by atomic mass is 19.4. The number of amides is 2. The van der Waals surface area contributed by atoms with E-state index >= 15 is 0 Å². The van der Waals surface area contributed by atoms with Crippen LogP contribution >= 0.6 is 0 Å². The van der Waals surface area contributed by atoms with E-state index in [4.69, 9.17) is 0 Å². The molecule has 0 aromatic heterocycles. The van der Waals surface area contributed by atoms with Crippen molar-refractivity contribution in [2.45, 2.75) is 32.5 Å². The smallest absolute Gasteiger partial charge is 0.337 e. The quantitative estimate of drug-likeness (QED) is 0.778. The van der Waals surface area contributed by atoms with Gasteiger partial charge in [-0.1, -0.05) is 13.8 Å². The van der Waals surface area contributed by atoms with Gasteiger partial charge in [0.05, 0.1) is 5.92 Å². The van der Waals surface area contributed by atoms with Crippen LogP contribution in [0.1, 0.15) is 20.3 Å². The van der Waals surface area contributed by atoms with Crippen LogP contribution in [0.4, 0.5) is 13.2 Å². The molecule has 0 saturated carbocycles. The molecule has 0 aromatic rings. The Morgan fingerprint density at radius 1 is 1.26 bits per heavy atom. The predicted molar refractivity (Wildman–Crippen MR) is 78.6 cm³/mol. The summed E-state index contributed by atoms with van der Waals surface area (Å²) >= 11 is 0. The number of carbonyl (C=O) groups excluding carboxylic acids is 2. The van der Waals surface area contributed by atoms with Crippen LogP contribution in [0.2, 0.25) is 0 Å². The Labute approximate surface area is 134 Å². The summed E-state index contributed by atoms with van der Waals surface area (Å²) in [4.78, 5) is 29.1. The Hall–Kier alpha value is -1.31. The zero-order valence-corrected chi connectivity index (χ0v) is 13.8. The first-order valence-electron chi connectivity index (χ1n) is 7.92. The number of likely N-dealkylation sites (tertiary alicyclic amines) is 1. The van der Waals surface area contributed by atoms with Gasteiger partial charge in [-0.25, -0.2) is 0 Å². The number of hydrogen-bond acceptors (Lipinski definition) is 3. The molecule has 8 heteroatoms. The molecule has 0 N–H and O–H groups in total. The summed E-state index contributed by atoms with van der Waals surface area (Å²) in [5.41, 5.74) is 0. The monoisotopic (exact) mass is 335 g/mol. The average molecular weight is 335 g/mol. The van der Waals surface area contributed by atoms with Crippen molar-refractivity contribution in [3.05, 3.63) is 0 Å². The van der Waals surface area contributed by atoms with Gasteiger partial charge in [-0.15, -0.1) is 0 Å². The van der Waals surface area contributed by atoms with Crippen LogP contribution in [-0.4, -0.2) is 78.5 Å². The third-order valence-corrected chi connectivity index (χ3v) is 4.61. The highest BCUT2D eigenvalue weighted by Crippen LogP contribution is 2.27. The zero-order valence-electron chi connectivity index (χ0n) is 13.8. The van der Waals surface area contributed by atoms with E-state index in [1.807, 2.05) is 20.9 Å². The van der Waals surface area contributed by atoms with Gasteiger partial charge in [0.2, 0.25) is 11.8 Å². The third kappa shape index (κ3) is 4.37. The molecule has 2 rings (SSSR count). The Kier molecular flexibility index (Phi) is 5.23. The SMILES string of the molecule is CC(C)[C@H]1CN(C)CCN1C(=O)[C@H]1CC(=O)N(CC(F)(F)F)C1. The first-order valence-corrected chi connectivity index (χ1v) is 7.92. The van der Waals surface area contributed by atoms with Crippen LogP contribution in [0.3, 0.4) is 0 Å². The lowest BCUT2D eigenvalue weighted by molar-refractivity contribution is -0.157. The van der Waals surface area contributed by atoms with Crippen LogP contribution in [0.15, 0.2) is 0 Å². The van der Waals surface area contributed by atoms with Crippen molar-refractivity contribution in [2.75, 3.05) is 39.8 Å². The first-order chi connectivity index (χ1) is 10.6.